The third kappa shape index (κ3) is 102. The Morgan fingerprint density at radius 3 is 0.977 bits per heavy atom. The summed E-state index contributed by atoms with van der Waals surface area (Å²) >= 11 is 35.0. The number of hydrogen-bond acceptors (Lipinski definition) is 8. The fourth-order valence-corrected chi connectivity index (χ4v) is 13.1. The van der Waals surface area contributed by atoms with Crippen LogP contribution in [0.2, 0.25) is 0 Å². The smallest absolute Gasteiger partial charge is 0.0101 e. The van der Waals surface area contributed by atoms with Gasteiger partial charge in [0.05, 0.1) is 0 Å². The Morgan fingerprint density at radius 1 is 0.284 bits per heavy atom. The van der Waals surface area contributed by atoms with Gasteiger partial charge >= 0.3 is 0 Å². The molecule has 0 spiro atoms. The van der Waals surface area contributed by atoms with Crippen molar-refractivity contribution in [1.82, 2.24) is 0 Å². The van der Waals surface area contributed by atoms with Gasteiger partial charge in [-0.2, -0.15) is 101 Å². The number of unbranched alkanes of at least 4 members (excludes halogenated alkanes) is 11. The summed E-state index contributed by atoms with van der Waals surface area (Å²) in [6.45, 7) is 45.3. The van der Waals surface area contributed by atoms with Crippen molar-refractivity contribution in [2.24, 2.45) is 41.4 Å². The summed E-state index contributed by atoms with van der Waals surface area (Å²) in [6.07, 6.45) is 60.9. The van der Waals surface area contributed by atoms with E-state index < -0.39 is 0 Å². The van der Waals surface area contributed by atoms with Crippen molar-refractivity contribution < 1.29 is 0 Å². The third-order valence-corrected chi connectivity index (χ3v) is 20.4. The van der Waals surface area contributed by atoms with Gasteiger partial charge in [-0.15, -0.1) is 0 Å². The molecule has 544 valence electrons. The molecule has 0 aliphatic carbocycles. The van der Waals surface area contributed by atoms with E-state index in [9.17, 15) is 0 Å². The maximum Gasteiger partial charge on any atom is 0.0101 e. The van der Waals surface area contributed by atoms with Crippen molar-refractivity contribution in [1.29, 1.82) is 0 Å². The van der Waals surface area contributed by atoms with Gasteiger partial charge in [-0.05, 0) is 158 Å². The first kappa shape index (κ1) is 107. The molecule has 9 atom stereocenters. The number of hydrogen-bond donors (Lipinski definition) is 8. The molecule has 0 rings (SSSR count). The minimum absolute atomic E-state index is 0.298. The van der Waals surface area contributed by atoms with Gasteiger partial charge in [0.15, 0.2) is 0 Å². The summed E-state index contributed by atoms with van der Waals surface area (Å²) in [7, 11) is 0. The maximum atomic E-state index is 4.65. The Balaban J connectivity index is -0.000000139. The molecule has 0 aliphatic heterocycles. The van der Waals surface area contributed by atoms with Crippen molar-refractivity contribution in [2.75, 3.05) is 23.0 Å². The van der Waals surface area contributed by atoms with Crippen molar-refractivity contribution in [3.05, 3.63) is 0 Å². The second-order valence-corrected chi connectivity index (χ2v) is 33.1. The van der Waals surface area contributed by atoms with Gasteiger partial charge in [0.25, 0.3) is 0 Å². The Kier molecular flexibility index (Phi) is 111. The van der Waals surface area contributed by atoms with Gasteiger partial charge in [0.1, 0.15) is 0 Å². The number of rotatable bonds is 52. The monoisotopic (exact) mass is 1390 g/mol. The van der Waals surface area contributed by atoms with Crippen molar-refractivity contribution in [2.45, 2.75) is 448 Å². The van der Waals surface area contributed by atoms with Crippen LogP contribution in [-0.2, 0) is 0 Å². The Bertz CT molecular complexity index is 1060. The molecular formula is C80H176S8. The van der Waals surface area contributed by atoms with E-state index in [4.69, 9.17) is 0 Å². The summed E-state index contributed by atoms with van der Waals surface area (Å²) in [5.41, 5.74) is 0. The highest BCUT2D eigenvalue weighted by molar-refractivity contribution is 7.82. The molecule has 9 unspecified atom stereocenters. The Morgan fingerprint density at radius 2 is 0.636 bits per heavy atom. The molecular weight excluding hydrogens is 1220 g/mol. The van der Waals surface area contributed by atoms with Crippen LogP contribution in [0.15, 0.2) is 0 Å². The van der Waals surface area contributed by atoms with Gasteiger partial charge in [-0.1, -0.05) is 344 Å². The minimum atomic E-state index is 0.298. The zero-order chi connectivity index (χ0) is 68.9. The van der Waals surface area contributed by atoms with Crippen LogP contribution in [0.1, 0.15) is 427 Å². The normalized spacial score (nSPS) is 14.0. The van der Waals surface area contributed by atoms with Gasteiger partial charge in [0, 0.05) is 10.00 Å². The lowest BCUT2D eigenvalue weighted by Gasteiger charge is -2.22. The second kappa shape index (κ2) is 91.9. The molecule has 0 amide bonds. The predicted molar refractivity (Wildman–Crippen MR) is 451 cm³/mol. The van der Waals surface area contributed by atoms with Gasteiger partial charge in [0.2, 0.25) is 0 Å². The summed E-state index contributed by atoms with van der Waals surface area (Å²) in [5, 5.41) is 1.75. The van der Waals surface area contributed by atoms with Crippen LogP contribution in [0.3, 0.4) is 0 Å². The molecule has 0 radical (unpaired) electrons. The van der Waals surface area contributed by atoms with Crippen molar-refractivity contribution in [3.8, 4) is 0 Å². The third-order valence-electron chi connectivity index (χ3n) is 17.6. The van der Waals surface area contributed by atoms with E-state index in [1.54, 1.807) is 0 Å². The van der Waals surface area contributed by atoms with Crippen LogP contribution in [-0.4, -0.2) is 43.5 Å². The molecule has 0 nitrogen and oxygen atoms in total. The zero-order valence-corrected chi connectivity index (χ0v) is 71.7. The number of thiol groups is 8. The fourth-order valence-electron chi connectivity index (χ4n) is 10.9. The fraction of sp³-hybridized carbons (Fsp3) is 1.00. The molecule has 0 saturated carbocycles. The molecule has 0 bridgehead atoms. The Hall–Kier alpha value is 2.80. The highest BCUT2D eigenvalue weighted by Crippen LogP contribution is 2.28. The maximum absolute atomic E-state index is 4.65. The molecule has 0 aromatic rings. The largest absolute Gasteiger partial charge is 0.179 e. The van der Waals surface area contributed by atoms with Crippen molar-refractivity contribution >= 4 is 101 Å². The van der Waals surface area contributed by atoms with Gasteiger partial charge in [-0.3, -0.25) is 0 Å². The lowest BCUT2D eigenvalue weighted by Crippen LogP contribution is -2.15. The van der Waals surface area contributed by atoms with E-state index in [1.807, 2.05) is 0 Å². The first-order chi connectivity index (χ1) is 42.1. The summed E-state index contributed by atoms with van der Waals surface area (Å²) < 4.78 is 0.298. The molecule has 0 aliphatic rings. The average Bonchev–Trinajstić information content (AvgIpc) is 3.52. The van der Waals surface area contributed by atoms with Crippen LogP contribution >= 0.6 is 101 Å². The first-order valence-electron chi connectivity index (χ1n) is 39.3. The quantitative estimate of drug-likeness (QED) is 0.0216. The van der Waals surface area contributed by atoms with Crippen LogP contribution in [0.5, 0.6) is 0 Å². The van der Waals surface area contributed by atoms with E-state index in [2.05, 4.69) is 240 Å². The van der Waals surface area contributed by atoms with Gasteiger partial charge < -0.3 is 0 Å². The Labute approximate surface area is 608 Å². The van der Waals surface area contributed by atoms with Crippen LogP contribution in [0, 0.1) is 41.4 Å². The van der Waals surface area contributed by atoms with Crippen LogP contribution in [0.25, 0.3) is 0 Å². The summed E-state index contributed by atoms with van der Waals surface area (Å²) in [5.74, 6) is 10.7. The van der Waals surface area contributed by atoms with E-state index in [-0.39, 0.29) is 0 Å². The molecule has 0 aromatic heterocycles. The van der Waals surface area contributed by atoms with E-state index in [1.165, 1.54) is 289 Å². The predicted octanol–water partition coefficient (Wildman–Crippen LogP) is 31.4. The molecule has 88 heavy (non-hydrogen) atoms. The summed E-state index contributed by atoms with van der Waals surface area (Å²) in [6, 6.07) is 0. The first-order valence-corrected chi connectivity index (χ1v) is 43.8. The molecule has 0 aromatic carbocycles. The summed E-state index contributed by atoms with van der Waals surface area (Å²) in [4.78, 5) is 0. The lowest BCUT2D eigenvalue weighted by molar-refractivity contribution is 0.419. The molecule has 8 heteroatoms. The highest BCUT2D eigenvalue weighted by Gasteiger charge is 2.17. The lowest BCUT2D eigenvalue weighted by atomic mass is 9.94. The second-order valence-electron chi connectivity index (χ2n) is 27.7. The average molecular weight is 1390 g/mol. The van der Waals surface area contributed by atoms with Crippen LogP contribution in [0.4, 0.5) is 0 Å². The molecule has 0 saturated heterocycles. The zero-order valence-electron chi connectivity index (χ0n) is 64.5. The highest BCUT2D eigenvalue weighted by atomic mass is 32.1. The van der Waals surface area contributed by atoms with Crippen molar-refractivity contribution in [3.63, 3.8) is 0 Å². The minimum Gasteiger partial charge on any atom is -0.179 e. The van der Waals surface area contributed by atoms with E-state index >= 15 is 0 Å². The van der Waals surface area contributed by atoms with Crippen LogP contribution < -0.4 is 0 Å². The molecule has 0 N–H and O–H groups in total. The van der Waals surface area contributed by atoms with Gasteiger partial charge in [-0.25, -0.2) is 0 Å². The topological polar surface area (TPSA) is 0 Å². The van der Waals surface area contributed by atoms with E-state index in [0.717, 1.165) is 64.4 Å². The SMILES string of the molecule is CCCCC(C)(S)CCCC.CCCCC(C)CCC(C)S.CCCCC(C)CCCCS.CCCCC(CC)CC(C)S.CCCCC(CC)CCCS.CCCCC(CCC)C(C)S.CCCCC(CCC)CCS.CCCCC(CS)CCCC. The molecule has 0 fully saturated rings. The standard InChI is InChI=1S/8C10H22S/c1-4-5-6-9(2)7-8-10(3)11;1-4-6-7-10(5-2)8-9(3)11;1-4-6-8-10(3,11)9-7-5-2;1-4-6-8-10(7-5-2)9(3)11;1-3-4-7-10(2)8-5-6-9-11;1-3-5-7-10(4-2)8-6-9-11;1-3-5-7-10(6-4-2)8-9-11;1-3-5-7-10(9-11)8-6-4-2/h2*9-11H,4-8H2,1-3H3;11H,4-9H2,1-3H3;9-11H,4-8H2,1-3H3;4*10-11H,3-9H2,1-2H3. The van der Waals surface area contributed by atoms with E-state index in [0.29, 0.717) is 20.5 Å². The molecule has 0 heterocycles.